The van der Waals surface area contributed by atoms with E-state index in [2.05, 4.69) is 164 Å². The number of rotatable bonds is 0. The highest BCUT2D eigenvalue weighted by Gasteiger charge is 2.58. The summed E-state index contributed by atoms with van der Waals surface area (Å²) >= 11 is 0. The first-order chi connectivity index (χ1) is 26.8. The molecule has 8 aliphatic rings. The van der Waals surface area contributed by atoms with Crippen molar-refractivity contribution in [2.45, 2.75) is 0 Å². The number of fused-ring (bicyclic) bond motifs is 24. The number of nitrogens with zero attached hydrogens (tertiary/aromatic N) is 3. The van der Waals surface area contributed by atoms with E-state index in [0.29, 0.717) is 20.1 Å². The molecule has 8 aliphatic heterocycles. The lowest BCUT2D eigenvalue weighted by Crippen LogP contribution is -2.70. The molecule has 0 unspecified atom stereocenters. The van der Waals surface area contributed by atoms with E-state index < -0.39 is 0 Å². The Morgan fingerprint density at radius 1 is 0.259 bits per heavy atom. The second-order valence-electron chi connectivity index (χ2n) is 15.7. The van der Waals surface area contributed by atoms with Gasteiger partial charge in [-0.15, -0.1) is 16.1 Å². The van der Waals surface area contributed by atoms with Gasteiger partial charge in [-0.2, -0.15) is 0 Å². The molecule has 8 heterocycles. The van der Waals surface area contributed by atoms with Crippen molar-refractivity contribution in [2.75, 3.05) is 0 Å². The average Bonchev–Trinajstić information content (AvgIpc) is 4.06. The molecule has 0 aliphatic carbocycles. The van der Waals surface area contributed by atoms with Gasteiger partial charge >= 0.3 is 0 Å². The third kappa shape index (κ3) is 3.82. The summed E-state index contributed by atoms with van der Waals surface area (Å²) in [4.78, 5) is 15.3. The van der Waals surface area contributed by atoms with Gasteiger partial charge in [-0.25, -0.2) is 0 Å². The molecule has 6 aromatic rings. The number of para-hydroxylation sites is 3. The fourth-order valence-electron chi connectivity index (χ4n) is 11.1. The maximum Gasteiger partial charge on any atom is 0.259 e. The fourth-order valence-corrected chi connectivity index (χ4v) is 11.1. The maximum absolute atomic E-state index is 5.09. The second-order valence-corrected chi connectivity index (χ2v) is 15.7. The predicted molar refractivity (Wildman–Crippen MR) is 236 cm³/mol. The van der Waals surface area contributed by atoms with E-state index in [1.807, 2.05) is 0 Å². The third-order valence-corrected chi connectivity index (χ3v) is 13.2. The molecule has 0 amide bonds. The lowest BCUT2D eigenvalue weighted by Gasteiger charge is -2.33. The minimum Gasteiger partial charge on any atom is -0.276 e. The second kappa shape index (κ2) is 10.8. The van der Waals surface area contributed by atoms with Crippen molar-refractivity contribution in [2.24, 2.45) is 15.0 Å². The van der Waals surface area contributed by atoms with Gasteiger partial charge in [-0.1, -0.05) is 162 Å². The molecule has 0 atom stereocenters. The zero-order chi connectivity index (χ0) is 35.1. The van der Waals surface area contributed by atoms with E-state index in [-0.39, 0.29) is 20.1 Å². The summed E-state index contributed by atoms with van der Waals surface area (Å²) in [7, 11) is 0. The Hall–Kier alpha value is -6.06. The monoisotopic (exact) mass is 675 g/mol. The highest BCUT2D eigenvalue weighted by molar-refractivity contribution is 7.66. The highest BCUT2D eigenvalue weighted by atomic mass is 14.8. The van der Waals surface area contributed by atoms with Crippen LogP contribution in [0.1, 0.15) is 16.7 Å². The van der Waals surface area contributed by atoms with Gasteiger partial charge in [0.15, 0.2) is 0 Å². The third-order valence-electron chi connectivity index (χ3n) is 13.2. The van der Waals surface area contributed by atoms with Crippen molar-refractivity contribution >= 4 is 125 Å². The zero-order valence-corrected chi connectivity index (χ0v) is 29.4. The van der Waals surface area contributed by atoms with Crippen molar-refractivity contribution in [3.63, 3.8) is 0 Å². The summed E-state index contributed by atoms with van der Waals surface area (Å²) in [5.74, 6) is 0. The Balaban J connectivity index is 0.000000115. The van der Waals surface area contributed by atoms with E-state index >= 15 is 0 Å². The number of hydrogen-bond donors (Lipinski definition) is 0. The first-order valence-corrected chi connectivity index (χ1v) is 19.2. The fraction of sp³-hybridized carbons (Fsp3) is 0. The van der Waals surface area contributed by atoms with Gasteiger partial charge in [0.05, 0.1) is 17.1 Å². The molecule has 54 heavy (non-hydrogen) atoms. The molecule has 14 rings (SSSR count). The number of hydrogen-bond acceptors (Lipinski definition) is 3. The number of benzene rings is 6. The van der Waals surface area contributed by atoms with Crippen LogP contribution in [0, 0.1) is 0 Å². The topological polar surface area (TPSA) is 37.1 Å². The van der Waals surface area contributed by atoms with E-state index in [1.165, 1.54) is 66.0 Å². The summed E-state index contributed by atoms with van der Waals surface area (Å²) in [6.45, 7) is 1.75. The van der Waals surface area contributed by atoms with Crippen molar-refractivity contribution in [1.29, 1.82) is 0 Å². The summed E-state index contributed by atoms with van der Waals surface area (Å²) < 4.78 is 0. The van der Waals surface area contributed by atoms with Gasteiger partial charge in [-0.05, 0) is 67.8 Å². The Morgan fingerprint density at radius 2 is 0.519 bits per heavy atom. The van der Waals surface area contributed by atoms with Gasteiger partial charge in [0, 0.05) is 0 Å². The minimum absolute atomic E-state index is 0.161. The predicted octanol–water partition coefficient (Wildman–Crippen LogP) is 4.33. The van der Waals surface area contributed by atoms with Crippen molar-refractivity contribution < 1.29 is 0 Å². The van der Waals surface area contributed by atoms with E-state index in [0.717, 1.165) is 17.1 Å². The van der Waals surface area contributed by atoms with Gasteiger partial charge in [0.25, 0.3) is 20.1 Å². The van der Waals surface area contributed by atoms with Crippen LogP contribution in [0.25, 0.3) is 18.2 Å². The summed E-state index contributed by atoms with van der Waals surface area (Å²) in [6, 6.07) is 52.5. The van der Waals surface area contributed by atoms with Crippen molar-refractivity contribution in [1.82, 2.24) is 0 Å². The average molecular weight is 675 g/mol. The first kappa shape index (κ1) is 29.4. The molecular formula is C45H27B6N3. The number of aliphatic imine (C=N–C) groups is 3. The molecule has 3 nitrogen and oxygen atoms in total. The Labute approximate surface area is 317 Å². The molecule has 0 bridgehead atoms. The van der Waals surface area contributed by atoms with Gasteiger partial charge in [0.1, 0.15) is 0 Å². The first-order valence-electron chi connectivity index (χ1n) is 19.2. The van der Waals surface area contributed by atoms with Crippen LogP contribution in [0.3, 0.4) is 0 Å². The van der Waals surface area contributed by atoms with E-state index in [4.69, 9.17) is 15.0 Å². The van der Waals surface area contributed by atoms with E-state index in [9.17, 15) is 0 Å². The quantitative estimate of drug-likeness (QED) is 0.216. The zero-order valence-electron chi connectivity index (χ0n) is 29.4. The molecule has 0 spiro atoms. The molecule has 2 saturated heterocycles. The van der Waals surface area contributed by atoms with Crippen LogP contribution in [-0.4, -0.2) is 56.8 Å². The molecule has 0 saturated carbocycles. The highest BCUT2D eigenvalue weighted by Crippen LogP contribution is 2.41. The van der Waals surface area contributed by atoms with Crippen LogP contribution in [-0.2, 0) is 0 Å². The van der Waals surface area contributed by atoms with Crippen LogP contribution in [0.5, 0.6) is 0 Å². The Morgan fingerprint density at radius 3 is 0.833 bits per heavy atom. The normalized spacial score (nSPS) is 17.3. The molecule has 0 N–H and O–H groups in total. The summed E-state index contributed by atoms with van der Waals surface area (Å²) in [6.07, 6.45) is 7.42. The Kier molecular flexibility index (Phi) is 5.86. The minimum atomic E-state index is 0.161. The molecule has 240 valence electrons. The summed E-state index contributed by atoms with van der Waals surface area (Å²) in [5.41, 5.74) is 19.4. The van der Waals surface area contributed by atoms with Crippen LogP contribution < -0.4 is 32.8 Å². The molecular weight excluding hydrogens is 647 g/mol. The largest absolute Gasteiger partial charge is 0.276 e. The van der Waals surface area contributed by atoms with Crippen LogP contribution >= 0.6 is 0 Å². The molecule has 2 fully saturated rings. The Bertz CT molecular complexity index is 2360. The standard InChI is InChI=1S/C24H15B3.C21H12B3N3/c1-4-10-19-16(7-1)13-22-25(19)23-14-17-8-3-6-12-21(17)27(23)24-15-18-9-2-5-11-20(18)26(22)24;1-4-10-16-13(7-1)22-19(25-16)23-15-9-3-6-12-18(15)27-21(23)24-14-8-2-5-11-17(14)26-20(22)24/h1-15H;1-12H. The van der Waals surface area contributed by atoms with Gasteiger partial charge in [0.2, 0.25) is 20.1 Å². The maximum atomic E-state index is 5.09. The van der Waals surface area contributed by atoms with Gasteiger partial charge in [-0.3, -0.25) is 15.0 Å². The molecule has 9 heteroatoms. The molecule has 0 aromatic heterocycles. The van der Waals surface area contributed by atoms with Crippen LogP contribution in [0.4, 0.5) is 17.1 Å². The lowest BCUT2D eigenvalue weighted by atomic mass is 9.02. The van der Waals surface area contributed by atoms with Crippen LogP contribution in [0.15, 0.2) is 177 Å². The van der Waals surface area contributed by atoms with E-state index in [1.54, 1.807) is 16.1 Å². The SMILES string of the molecule is C1=C2B3C(=Cc4ccccc43)B3C(=Cc4ccccc43)B2c2ccccc21.c1ccc2c(c1)N=C1B2C2=Nc3ccccc3B2C2=Nc3ccccc3B12. The smallest absolute Gasteiger partial charge is 0.259 e. The molecule has 6 aromatic carbocycles. The summed E-state index contributed by atoms with van der Waals surface area (Å²) in [5, 5.41) is 4.72. The van der Waals surface area contributed by atoms with Gasteiger partial charge < -0.3 is 0 Å². The molecule has 0 radical (unpaired) electrons. The van der Waals surface area contributed by atoms with Crippen molar-refractivity contribution in [3.05, 3.63) is 178 Å². The van der Waals surface area contributed by atoms with Crippen LogP contribution in [0.2, 0.25) is 0 Å². The lowest BCUT2D eigenvalue weighted by molar-refractivity contribution is 1.59. The van der Waals surface area contributed by atoms with Crippen molar-refractivity contribution in [3.8, 4) is 0 Å².